The van der Waals surface area contributed by atoms with Gasteiger partial charge in [0.1, 0.15) is 5.82 Å². The quantitative estimate of drug-likeness (QED) is 0.662. The van der Waals surface area contributed by atoms with Crippen molar-refractivity contribution in [1.82, 2.24) is 10.2 Å². The summed E-state index contributed by atoms with van der Waals surface area (Å²) in [6.07, 6.45) is 0.638. The van der Waals surface area contributed by atoms with Crippen LogP contribution in [0.25, 0.3) is 0 Å². The Labute approximate surface area is 176 Å². The lowest BCUT2D eigenvalue weighted by Crippen LogP contribution is -2.44. The largest absolute Gasteiger partial charge is 0.345 e. The molecule has 2 rings (SSSR count). The fourth-order valence-corrected chi connectivity index (χ4v) is 2.76. The number of hydrogen-bond donors (Lipinski definition) is 2. The van der Waals surface area contributed by atoms with E-state index in [0.29, 0.717) is 12.1 Å². The minimum Gasteiger partial charge on any atom is -0.345 e. The Morgan fingerprint density at radius 2 is 1.63 bits per heavy atom. The maximum atomic E-state index is 13.1. The van der Waals surface area contributed by atoms with Crippen molar-refractivity contribution in [2.24, 2.45) is 5.92 Å². The van der Waals surface area contributed by atoms with Crippen molar-refractivity contribution >= 4 is 23.4 Å². The predicted molar refractivity (Wildman–Crippen MR) is 114 cm³/mol. The number of anilines is 1. The molecular weight excluding hydrogens is 385 g/mol. The van der Waals surface area contributed by atoms with E-state index in [0.717, 1.165) is 11.1 Å². The maximum Gasteiger partial charge on any atom is 0.243 e. The maximum absolute atomic E-state index is 13.1. The van der Waals surface area contributed by atoms with Crippen LogP contribution in [0.1, 0.15) is 31.4 Å². The Kier molecular flexibility index (Phi) is 8.53. The Morgan fingerprint density at radius 1 is 1.00 bits per heavy atom. The van der Waals surface area contributed by atoms with E-state index in [1.54, 1.807) is 31.2 Å². The van der Waals surface area contributed by atoms with Gasteiger partial charge in [0.15, 0.2) is 0 Å². The van der Waals surface area contributed by atoms with Crippen molar-refractivity contribution < 1.29 is 18.8 Å². The molecule has 2 aromatic carbocycles. The first-order valence-corrected chi connectivity index (χ1v) is 9.95. The summed E-state index contributed by atoms with van der Waals surface area (Å²) in [5.41, 5.74) is 2.44. The molecule has 0 aliphatic heterocycles. The SMILES string of the molecule is CC[C@H](C)C(=O)N(CC(=O)NCC(=O)Nc1ccc(C)cc1)Cc1ccc(F)cc1. The molecule has 2 N–H and O–H groups in total. The van der Waals surface area contributed by atoms with Crippen molar-refractivity contribution in [2.45, 2.75) is 33.7 Å². The first-order chi connectivity index (χ1) is 14.3. The highest BCUT2D eigenvalue weighted by molar-refractivity contribution is 5.95. The third-order valence-electron chi connectivity index (χ3n) is 4.75. The number of carbonyl (C=O) groups is 3. The molecule has 0 saturated carbocycles. The lowest BCUT2D eigenvalue weighted by atomic mass is 10.1. The summed E-state index contributed by atoms with van der Waals surface area (Å²) in [7, 11) is 0. The van der Waals surface area contributed by atoms with Gasteiger partial charge in [-0.3, -0.25) is 14.4 Å². The van der Waals surface area contributed by atoms with E-state index in [1.165, 1.54) is 17.0 Å². The second kappa shape index (κ2) is 11.1. The summed E-state index contributed by atoms with van der Waals surface area (Å²) >= 11 is 0. The molecule has 0 aromatic heterocycles. The number of aryl methyl sites for hydroxylation is 1. The number of rotatable bonds is 9. The highest BCUT2D eigenvalue weighted by Crippen LogP contribution is 2.12. The van der Waals surface area contributed by atoms with Crippen LogP contribution in [0.15, 0.2) is 48.5 Å². The smallest absolute Gasteiger partial charge is 0.243 e. The minimum absolute atomic E-state index is 0.166. The van der Waals surface area contributed by atoms with E-state index in [9.17, 15) is 18.8 Å². The molecule has 2 aromatic rings. The summed E-state index contributed by atoms with van der Waals surface area (Å²) in [5.74, 6) is -1.57. The Morgan fingerprint density at radius 3 is 2.23 bits per heavy atom. The average Bonchev–Trinajstić information content (AvgIpc) is 2.74. The molecule has 0 unspecified atom stereocenters. The van der Waals surface area contributed by atoms with Crippen LogP contribution in [-0.4, -0.2) is 35.7 Å². The molecule has 0 aliphatic rings. The molecule has 6 nitrogen and oxygen atoms in total. The number of halogens is 1. The molecule has 0 radical (unpaired) electrons. The number of carbonyl (C=O) groups excluding carboxylic acids is 3. The molecule has 7 heteroatoms. The van der Waals surface area contributed by atoms with Crippen LogP contribution in [0.3, 0.4) is 0 Å². The number of nitrogens with zero attached hydrogens (tertiary/aromatic N) is 1. The van der Waals surface area contributed by atoms with Gasteiger partial charge in [0.2, 0.25) is 17.7 Å². The molecule has 0 fully saturated rings. The molecule has 0 saturated heterocycles. The van der Waals surface area contributed by atoms with Crippen molar-refractivity contribution in [3.05, 3.63) is 65.5 Å². The molecule has 1 atom stereocenters. The van der Waals surface area contributed by atoms with Gasteiger partial charge in [0.25, 0.3) is 0 Å². The monoisotopic (exact) mass is 413 g/mol. The van der Waals surface area contributed by atoms with E-state index >= 15 is 0 Å². The van der Waals surface area contributed by atoms with Gasteiger partial charge in [0.05, 0.1) is 13.1 Å². The highest BCUT2D eigenvalue weighted by atomic mass is 19.1. The topological polar surface area (TPSA) is 78.5 Å². The van der Waals surface area contributed by atoms with E-state index in [1.807, 2.05) is 26.0 Å². The Hall–Kier alpha value is -3.22. The van der Waals surface area contributed by atoms with Gasteiger partial charge in [-0.05, 0) is 43.2 Å². The van der Waals surface area contributed by atoms with Crippen molar-refractivity contribution in [3.8, 4) is 0 Å². The van der Waals surface area contributed by atoms with Gasteiger partial charge in [-0.1, -0.05) is 43.7 Å². The van der Waals surface area contributed by atoms with Gasteiger partial charge in [-0.15, -0.1) is 0 Å². The average molecular weight is 413 g/mol. The second-order valence-electron chi connectivity index (χ2n) is 7.32. The lowest BCUT2D eigenvalue weighted by molar-refractivity contribution is -0.139. The molecule has 160 valence electrons. The van der Waals surface area contributed by atoms with Gasteiger partial charge in [-0.25, -0.2) is 4.39 Å². The van der Waals surface area contributed by atoms with Crippen molar-refractivity contribution in [2.75, 3.05) is 18.4 Å². The summed E-state index contributed by atoms with van der Waals surface area (Å²) < 4.78 is 13.1. The number of hydrogen-bond acceptors (Lipinski definition) is 3. The van der Waals surface area contributed by atoms with Gasteiger partial charge < -0.3 is 15.5 Å². The predicted octanol–water partition coefficient (Wildman–Crippen LogP) is 3.26. The van der Waals surface area contributed by atoms with Crippen molar-refractivity contribution in [3.63, 3.8) is 0 Å². The number of amides is 3. The summed E-state index contributed by atoms with van der Waals surface area (Å²) in [6.45, 7) is 5.45. The van der Waals surface area contributed by atoms with E-state index in [4.69, 9.17) is 0 Å². The molecule has 3 amide bonds. The highest BCUT2D eigenvalue weighted by Gasteiger charge is 2.22. The summed E-state index contributed by atoms with van der Waals surface area (Å²) in [4.78, 5) is 38.5. The van der Waals surface area contributed by atoms with Gasteiger partial charge in [-0.2, -0.15) is 0 Å². The second-order valence-corrected chi connectivity index (χ2v) is 7.32. The Balaban J connectivity index is 1.93. The molecule has 30 heavy (non-hydrogen) atoms. The summed E-state index contributed by atoms with van der Waals surface area (Å²) in [5, 5.41) is 5.25. The zero-order chi connectivity index (χ0) is 22.1. The third-order valence-corrected chi connectivity index (χ3v) is 4.75. The van der Waals surface area contributed by atoms with Gasteiger partial charge in [0, 0.05) is 18.2 Å². The van der Waals surface area contributed by atoms with Crippen LogP contribution in [0, 0.1) is 18.7 Å². The third kappa shape index (κ3) is 7.31. The van der Waals surface area contributed by atoms with Crippen LogP contribution in [0.5, 0.6) is 0 Å². The zero-order valence-corrected chi connectivity index (χ0v) is 17.6. The van der Waals surface area contributed by atoms with Crippen LogP contribution < -0.4 is 10.6 Å². The molecule has 0 aliphatic carbocycles. The minimum atomic E-state index is -0.437. The zero-order valence-electron chi connectivity index (χ0n) is 17.6. The van der Waals surface area contributed by atoms with Crippen LogP contribution in [0.4, 0.5) is 10.1 Å². The lowest BCUT2D eigenvalue weighted by Gasteiger charge is -2.25. The number of nitrogens with one attached hydrogen (secondary N) is 2. The standard InChI is InChI=1S/C23H28FN3O3/c1-4-17(3)23(30)27(14-18-7-9-19(24)10-8-18)15-22(29)25-13-21(28)26-20-11-5-16(2)6-12-20/h5-12,17H,4,13-15H2,1-3H3,(H,25,29)(H,26,28)/t17-/m0/s1. The first kappa shape index (κ1) is 23.1. The van der Waals surface area contributed by atoms with E-state index in [-0.39, 0.29) is 43.2 Å². The molecule has 0 heterocycles. The number of benzene rings is 2. The van der Waals surface area contributed by atoms with Gasteiger partial charge >= 0.3 is 0 Å². The fourth-order valence-electron chi connectivity index (χ4n) is 2.76. The van der Waals surface area contributed by atoms with E-state index < -0.39 is 5.91 Å². The van der Waals surface area contributed by atoms with Crippen LogP contribution in [0.2, 0.25) is 0 Å². The van der Waals surface area contributed by atoms with Crippen LogP contribution >= 0.6 is 0 Å². The van der Waals surface area contributed by atoms with Crippen LogP contribution in [-0.2, 0) is 20.9 Å². The molecule has 0 bridgehead atoms. The Bertz CT molecular complexity index is 866. The molecule has 0 spiro atoms. The van der Waals surface area contributed by atoms with E-state index in [2.05, 4.69) is 10.6 Å². The summed E-state index contributed by atoms with van der Waals surface area (Å²) in [6, 6.07) is 13.1. The van der Waals surface area contributed by atoms with Crippen molar-refractivity contribution in [1.29, 1.82) is 0 Å². The fraction of sp³-hybridized carbons (Fsp3) is 0.348. The normalized spacial score (nSPS) is 11.5. The molecular formula is C23H28FN3O3. The first-order valence-electron chi connectivity index (χ1n) is 9.95.